The zero-order valence-corrected chi connectivity index (χ0v) is 8.77. The Bertz CT molecular complexity index is 11.6. The van der Waals surface area contributed by atoms with Gasteiger partial charge in [0.1, 0.15) is 0 Å². The van der Waals surface area contributed by atoms with E-state index >= 15 is 0 Å². The second kappa shape index (κ2) is 22.3. The molecule has 28 valence electrons. The van der Waals surface area contributed by atoms with Crippen molar-refractivity contribution in [1.29, 1.82) is 0 Å². The zero-order chi connectivity index (χ0) is 4.71. The molecular weight excluding hydrogens is 257 g/mol. The number of aliphatic hydroxyl groups is 1. The zero-order valence-electron chi connectivity index (χ0n) is 3.27. The first-order valence-corrected chi connectivity index (χ1v) is 3.56. The van der Waals surface area contributed by atoms with E-state index < -0.39 is 0 Å². The Morgan fingerprint density at radius 3 is 1.80 bits per heavy atom. The molecule has 3 heteroatoms. The summed E-state index contributed by atoms with van der Waals surface area (Å²) in [5.74, 6) is 0. The molecule has 0 saturated carbocycles. The van der Waals surface area contributed by atoms with Gasteiger partial charge in [0.05, 0.1) is 0 Å². The van der Waals surface area contributed by atoms with Crippen molar-refractivity contribution in [3.05, 3.63) is 0 Å². The van der Waals surface area contributed by atoms with Crippen LogP contribution in [0.2, 0.25) is 0 Å². The normalized spacial score (nSPS) is 4.80. The van der Waals surface area contributed by atoms with Gasteiger partial charge in [0.25, 0.3) is 0 Å². The maximum absolute atomic E-state index is 8.44. The molecule has 0 aliphatic heterocycles. The van der Waals surface area contributed by atoms with Gasteiger partial charge < -0.3 is 5.11 Å². The van der Waals surface area contributed by atoms with Gasteiger partial charge in [-0.3, -0.25) is 0 Å². The fourth-order valence-corrected chi connectivity index (χ4v) is 0. The van der Waals surface area contributed by atoms with E-state index in [4.69, 9.17) is 7.75 Å². The summed E-state index contributed by atoms with van der Waals surface area (Å²) in [7, 11) is 0. The van der Waals surface area contributed by atoms with Crippen LogP contribution in [-0.4, -0.2) is 11.7 Å². The van der Waals surface area contributed by atoms with Crippen molar-refractivity contribution in [3.8, 4) is 0 Å². The Morgan fingerprint density at radius 2 is 1.80 bits per heavy atom. The van der Waals surface area contributed by atoms with Crippen molar-refractivity contribution in [3.63, 3.8) is 0 Å². The number of hydrogen-bond acceptors (Lipinski definition) is 2. The summed E-state index contributed by atoms with van der Waals surface area (Å²) in [6.45, 7) is 1.93. The van der Waals surface area contributed by atoms with Crippen molar-refractivity contribution in [2.24, 2.45) is 0 Å². The van der Waals surface area contributed by atoms with Crippen LogP contribution in [0, 0.1) is 0 Å². The molecule has 0 amide bonds. The van der Waals surface area contributed by atoms with Crippen LogP contribution in [0.15, 0.2) is 0 Å². The topological polar surface area (TPSA) is 37.3 Å². The molecule has 0 aromatic heterocycles. The molecule has 1 N–H and O–H groups in total. The van der Waals surface area contributed by atoms with Crippen molar-refractivity contribution in [2.45, 2.75) is 6.92 Å². The Balaban J connectivity index is 0. The third kappa shape index (κ3) is 70.6. The third-order valence-corrected chi connectivity index (χ3v) is 0. The summed E-state index contributed by atoms with van der Waals surface area (Å²) in [5, 5.41) is 7.57. The second-order valence-electron chi connectivity index (χ2n) is 0.316. The van der Waals surface area contributed by atoms with Gasteiger partial charge in [-0.1, -0.05) is 0 Å². The van der Waals surface area contributed by atoms with Crippen LogP contribution in [0.4, 0.5) is 0 Å². The quantitative estimate of drug-likeness (QED) is 0.618. The van der Waals surface area contributed by atoms with Gasteiger partial charge in [-0.15, -0.1) is 0 Å². The van der Waals surface area contributed by atoms with Crippen molar-refractivity contribution in [1.82, 2.24) is 0 Å². The van der Waals surface area contributed by atoms with Gasteiger partial charge in [0.2, 0.25) is 0 Å². The average molecular weight is 263 g/mol. The summed E-state index contributed by atoms with van der Waals surface area (Å²) in [6.07, 6.45) is 0. The SMILES string of the molecule is CCO.[O]=[Hg]. The molecule has 0 heterocycles. The van der Waals surface area contributed by atoms with Crippen LogP contribution < -0.4 is 0 Å². The molecule has 0 aromatic carbocycles. The second-order valence-corrected chi connectivity index (χ2v) is 0.316. The molecule has 0 atom stereocenters. The van der Waals surface area contributed by atoms with Gasteiger partial charge in [-0.25, -0.2) is 0 Å². The summed E-state index contributed by atoms with van der Waals surface area (Å²) >= 11 is -0.222. The molecule has 0 aliphatic carbocycles. The first-order chi connectivity index (χ1) is 2.41. The van der Waals surface area contributed by atoms with Gasteiger partial charge >= 0.3 is 28.8 Å². The summed E-state index contributed by atoms with van der Waals surface area (Å²) in [6, 6.07) is 0. The molecule has 0 radical (unpaired) electrons. The van der Waals surface area contributed by atoms with Crippen molar-refractivity contribution < 1.29 is 33.9 Å². The van der Waals surface area contributed by atoms with E-state index in [1.807, 2.05) is 0 Å². The van der Waals surface area contributed by atoms with Crippen LogP contribution in [0.25, 0.3) is 0 Å². The molecule has 5 heavy (non-hydrogen) atoms. The van der Waals surface area contributed by atoms with Crippen LogP contribution in [-0.2, 0) is 28.8 Å². The fraction of sp³-hybridized carbons (Fsp3) is 1.00. The van der Waals surface area contributed by atoms with Crippen LogP contribution in [0.5, 0.6) is 0 Å². The maximum atomic E-state index is 8.44. The standard InChI is InChI=1S/C2H6O.Hg.O/c1-2-3;;/h3H,2H2,1H3;;. The van der Waals surface area contributed by atoms with E-state index in [0.717, 1.165) is 0 Å². The first-order valence-electron chi connectivity index (χ1n) is 1.31. The van der Waals surface area contributed by atoms with E-state index in [9.17, 15) is 0 Å². The minimum atomic E-state index is -0.222. The predicted molar refractivity (Wildman–Crippen MR) is 13.4 cm³/mol. The van der Waals surface area contributed by atoms with E-state index in [1.54, 1.807) is 6.92 Å². The molecule has 0 unspecified atom stereocenters. The van der Waals surface area contributed by atoms with E-state index in [1.165, 1.54) is 0 Å². The molecule has 0 aliphatic rings. The van der Waals surface area contributed by atoms with Crippen LogP contribution in [0.1, 0.15) is 6.92 Å². The molecule has 0 bridgehead atoms. The Kier molecular flexibility index (Phi) is 41.0. The summed E-state index contributed by atoms with van der Waals surface area (Å²) in [5.41, 5.74) is 0. The molecular formula is C2H6HgO2. The number of rotatable bonds is 0. The Morgan fingerprint density at radius 1 is 1.80 bits per heavy atom. The van der Waals surface area contributed by atoms with E-state index in [0.29, 0.717) is 0 Å². The van der Waals surface area contributed by atoms with Crippen LogP contribution >= 0.6 is 0 Å². The van der Waals surface area contributed by atoms with Crippen LogP contribution in [0.3, 0.4) is 0 Å². The minimum absolute atomic E-state index is 0.222. The first kappa shape index (κ1) is 9.19. The predicted octanol–water partition coefficient (Wildman–Crippen LogP) is -0.123. The number of hydrogen-bond donors (Lipinski definition) is 1. The Labute approximate surface area is 47.6 Å². The molecule has 0 aromatic rings. The summed E-state index contributed by atoms with van der Waals surface area (Å²) in [4.78, 5) is 0. The van der Waals surface area contributed by atoms with E-state index in [2.05, 4.69) is 0 Å². The molecule has 2 nitrogen and oxygen atoms in total. The molecule has 0 spiro atoms. The molecule has 0 saturated heterocycles. The fourth-order valence-electron chi connectivity index (χ4n) is 0. The summed E-state index contributed by atoms with van der Waals surface area (Å²) < 4.78 is 8.44. The van der Waals surface area contributed by atoms with Gasteiger partial charge in [0.15, 0.2) is 0 Å². The van der Waals surface area contributed by atoms with Gasteiger partial charge in [-0.05, 0) is 6.92 Å². The Hall–Kier alpha value is 0.695. The van der Waals surface area contributed by atoms with Crippen molar-refractivity contribution >= 4 is 0 Å². The third-order valence-electron chi connectivity index (χ3n) is 0. The van der Waals surface area contributed by atoms with E-state index in [-0.39, 0.29) is 32.7 Å². The average Bonchev–Trinajstić information content (AvgIpc) is 1.46. The van der Waals surface area contributed by atoms with Crippen molar-refractivity contribution in [2.75, 3.05) is 6.61 Å². The molecule has 0 fully saturated rings. The van der Waals surface area contributed by atoms with Gasteiger partial charge in [-0.2, -0.15) is 0 Å². The number of aliphatic hydroxyl groups excluding tert-OH is 1. The monoisotopic (exact) mass is 264 g/mol. The molecule has 0 rings (SSSR count). The van der Waals surface area contributed by atoms with Gasteiger partial charge in [0, 0.05) is 6.61 Å².